The van der Waals surface area contributed by atoms with Crippen molar-refractivity contribution < 1.29 is 16.8 Å². The average molecular weight is 589 g/mol. The molecule has 2 aromatic carbocycles. The zero-order valence-electron chi connectivity index (χ0n) is 24.4. The number of benzene rings is 2. The van der Waals surface area contributed by atoms with Crippen LogP contribution >= 0.6 is 0 Å². The third kappa shape index (κ3) is 8.40. The number of hydrogen-bond acceptors (Lipinski definition) is 6. The molecule has 0 saturated carbocycles. The van der Waals surface area contributed by atoms with Crippen molar-refractivity contribution in [2.45, 2.75) is 86.8 Å². The van der Waals surface area contributed by atoms with E-state index in [9.17, 15) is 16.8 Å². The first-order valence-electron chi connectivity index (χ1n) is 15.3. The average Bonchev–Trinajstić information content (AvgIpc) is 2.97. The zero-order valence-corrected chi connectivity index (χ0v) is 26.1. The van der Waals surface area contributed by atoms with Crippen molar-refractivity contribution in [3.05, 3.63) is 59.7 Å². The van der Waals surface area contributed by atoms with Crippen molar-refractivity contribution in [2.75, 3.05) is 50.8 Å². The van der Waals surface area contributed by atoms with Gasteiger partial charge in [0.05, 0.1) is 21.3 Å². The van der Waals surface area contributed by atoms with Crippen LogP contribution in [0.25, 0.3) is 0 Å². The molecule has 0 N–H and O–H groups in total. The summed E-state index contributed by atoms with van der Waals surface area (Å²) in [6, 6.07) is 14.9. The van der Waals surface area contributed by atoms with E-state index in [0.717, 1.165) is 88.9 Å². The number of hydrogen-bond donors (Lipinski definition) is 0. The van der Waals surface area contributed by atoms with Crippen LogP contribution in [0.15, 0.2) is 58.3 Å². The van der Waals surface area contributed by atoms with Crippen LogP contribution in [0, 0.1) is 0 Å². The molecule has 2 aliphatic rings. The minimum atomic E-state index is -3.46. The van der Waals surface area contributed by atoms with E-state index in [1.54, 1.807) is 12.1 Å². The summed E-state index contributed by atoms with van der Waals surface area (Å²) in [5.41, 5.74) is 2.21. The van der Waals surface area contributed by atoms with E-state index in [1.807, 2.05) is 36.4 Å². The Balaban J connectivity index is 1.29. The predicted octanol–water partition coefficient (Wildman–Crippen LogP) is 5.89. The number of likely N-dealkylation sites (tertiary alicyclic amines) is 2. The Labute approximate surface area is 243 Å². The van der Waals surface area contributed by atoms with Crippen molar-refractivity contribution in [1.82, 2.24) is 9.80 Å². The van der Waals surface area contributed by atoms with Crippen molar-refractivity contribution in [2.24, 2.45) is 0 Å². The summed E-state index contributed by atoms with van der Waals surface area (Å²) in [7, 11) is -6.92. The highest BCUT2D eigenvalue weighted by Gasteiger charge is 2.24. The molecule has 0 aromatic heterocycles. The number of rotatable bonds is 13. The summed E-state index contributed by atoms with van der Waals surface area (Å²) in [6.07, 6.45) is 7.20. The minimum absolute atomic E-state index is 0.0305. The van der Waals surface area contributed by atoms with Crippen LogP contribution in [0.4, 0.5) is 0 Å². The molecule has 0 bridgehead atoms. The second-order valence-corrected chi connectivity index (χ2v) is 15.9. The molecule has 0 amide bonds. The first kappa shape index (κ1) is 31.2. The van der Waals surface area contributed by atoms with Crippen LogP contribution < -0.4 is 0 Å². The molecule has 6 nitrogen and oxygen atoms in total. The van der Waals surface area contributed by atoms with E-state index < -0.39 is 19.7 Å². The Hall–Kier alpha value is -1.74. The lowest BCUT2D eigenvalue weighted by Crippen LogP contribution is -2.33. The molecule has 0 aliphatic carbocycles. The van der Waals surface area contributed by atoms with Gasteiger partial charge in [-0.15, -0.1) is 0 Å². The van der Waals surface area contributed by atoms with E-state index in [2.05, 4.69) is 23.6 Å². The fraction of sp³-hybridized carbons (Fsp3) is 0.625. The molecular weight excluding hydrogens is 540 g/mol. The van der Waals surface area contributed by atoms with Gasteiger partial charge in [0, 0.05) is 0 Å². The first-order valence-corrected chi connectivity index (χ1v) is 18.6. The molecule has 0 radical (unpaired) electrons. The number of sulfone groups is 2. The summed E-state index contributed by atoms with van der Waals surface area (Å²) >= 11 is 0. The van der Waals surface area contributed by atoms with Gasteiger partial charge < -0.3 is 9.80 Å². The highest BCUT2D eigenvalue weighted by molar-refractivity contribution is 7.91. The first-order chi connectivity index (χ1) is 19.2. The van der Waals surface area contributed by atoms with Crippen molar-refractivity contribution >= 4 is 19.7 Å². The van der Waals surface area contributed by atoms with Crippen LogP contribution in [-0.4, -0.2) is 77.4 Å². The zero-order chi connectivity index (χ0) is 28.6. The Morgan fingerprint density at radius 1 is 0.625 bits per heavy atom. The monoisotopic (exact) mass is 588 g/mol. The van der Waals surface area contributed by atoms with Crippen LogP contribution in [0.5, 0.6) is 0 Å². The van der Waals surface area contributed by atoms with Gasteiger partial charge >= 0.3 is 0 Å². The molecule has 2 heterocycles. The van der Waals surface area contributed by atoms with E-state index in [1.165, 1.54) is 0 Å². The maximum atomic E-state index is 13.1. The van der Waals surface area contributed by atoms with Crippen LogP contribution in [0.3, 0.4) is 0 Å². The fourth-order valence-corrected chi connectivity index (χ4v) is 9.20. The van der Waals surface area contributed by atoms with Crippen LogP contribution in [0.1, 0.15) is 88.2 Å². The molecular formula is C32H48N2O4S2. The second kappa shape index (κ2) is 14.4. The van der Waals surface area contributed by atoms with E-state index in [0.29, 0.717) is 34.5 Å². The second-order valence-electron chi connectivity index (χ2n) is 11.7. The summed E-state index contributed by atoms with van der Waals surface area (Å²) < 4.78 is 52.5. The lowest BCUT2D eigenvalue weighted by atomic mass is 9.89. The quantitative estimate of drug-likeness (QED) is 0.272. The van der Waals surface area contributed by atoms with Gasteiger partial charge in [0.2, 0.25) is 0 Å². The molecule has 8 heteroatoms. The standard InChI is InChI=1S/C32H48N2O4S2/c1-3-17-33-19-13-27(14-20-33)29-9-7-11-31(25-29)39(35,36)23-5-6-24-40(37,38)32-12-8-10-30(26-32)28-15-21-34(18-4-2)22-16-28/h7-12,25-28H,3-6,13-24H2,1-2H3. The molecule has 2 aliphatic heterocycles. The Kier molecular flexibility index (Phi) is 11.3. The summed E-state index contributed by atoms with van der Waals surface area (Å²) in [5, 5.41) is 0. The molecule has 222 valence electrons. The Morgan fingerprint density at radius 2 is 1.00 bits per heavy atom. The molecule has 0 atom stereocenters. The lowest BCUT2D eigenvalue weighted by Gasteiger charge is -2.32. The fourth-order valence-electron chi connectivity index (χ4n) is 6.36. The largest absolute Gasteiger partial charge is 0.303 e. The van der Waals surface area contributed by atoms with E-state index >= 15 is 0 Å². The smallest absolute Gasteiger partial charge is 0.178 e. The van der Waals surface area contributed by atoms with Gasteiger partial charge in [0.15, 0.2) is 19.7 Å². The molecule has 0 spiro atoms. The number of piperidine rings is 2. The van der Waals surface area contributed by atoms with E-state index in [4.69, 9.17) is 0 Å². The van der Waals surface area contributed by atoms with Gasteiger partial charge in [0.1, 0.15) is 0 Å². The van der Waals surface area contributed by atoms with Crippen molar-refractivity contribution in [3.63, 3.8) is 0 Å². The topological polar surface area (TPSA) is 74.8 Å². The molecule has 2 fully saturated rings. The van der Waals surface area contributed by atoms with Gasteiger partial charge in [0.25, 0.3) is 0 Å². The molecule has 40 heavy (non-hydrogen) atoms. The molecule has 0 unspecified atom stereocenters. The third-order valence-corrected chi connectivity index (χ3v) is 12.3. The predicted molar refractivity (Wildman–Crippen MR) is 164 cm³/mol. The number of unbranched alkanes of at least 4 members (excludes halogenated alkanes) is 1. The van der Waals surface area contributed by atoms with E-state index in [-0.39, 0.29) is 11.5 Å². The maximum Gasteiger partial charge on any atom is 0.178 e. The minimum Gasteiger partial charge on any atom is -0.303 e. The summed E-state index contributed by atoms with van der Waals surface area (Å²) in [4.78, 5) is 5.69. The van der Waals surface area contributed by atoms with Crippen LogP contribution in [-0.2, 0) is 19.7 Å². The van der Waals surface area contributed by atoms with Crippen molar-refractivity contribution in [3.8, 4) is 0 Å². The Morgan fingerprint density at radius 3 is 1.35 bits per heavy atom. The molecule has 2 saturated heterocycles. The van der Waals surface area contributed by atoms with Crippen LogP contribution in [0.2, 0.25) is 0 Å². The third-order valence-electron chi connectivity index (χ3n) is 8.71. The van der Waals surface area contributed by atoms with Gasteiger partial charge in [-0.3, -0.25) is 0 Å². The summed E-state index contributed by atoms with van der Waals surface area (Å²) in [6.45, 7) is 10.9. The highest BCUT2D eigenvalue weighted by atomic mass is 32.2. The van der Waals surface area contributed by atoms with Gasteiger partial charge in [-0.05, 0) is 138 Å². The van der Waals surface area contributed by atoms with Gasteiger partial charge in [-0.2, -0.15) is 0 Å². The highest BCUT2D eigenvalue weighted by Crippen LogP contribution is 2.31. The van der Waals surface area contributed by atoms with Gasteiger partial charge in [-0.1, -0.05) is 38.1 Å². The summed E-state index contributed by atoms with van der Waals surface area (Å²) in [5.74, 6) is 0.732. The molecule has 2 aromatic rings. The lowest BCUT2D eigenvalue weighted by molar-refractivity contribution is 0.212. The number of nitrogens with zero attached hydrogens (tertiary/aromatic N) is 2. The maximum absolute atomic E-state index is 13.1. The Bertz CT molecular complexity index is 1190. The van der Waals surface area contributed by atoms with Gasteiger partial charge in [-0.25, -0.2) is 16.8 Å². The normalized spacial score (nSPS) is 18.8. The molecule has 4 rings (SSSR count). The van der Waals surface area contributed by atoms with Crippen molar-refractivity contribution in [1.29, 1.82) is 0 Å². The SMILES string of the molecule is CCCN1CCC(c2cccc(S(=O)(=O)CCCCS(=O)(=O)c3cccc(C4CCN(CCC)CC4)c3)c2)CC1.